The van der Waals surface area contributed by atoms with Gasteiger partial charge in [0, 0.05) is 19.3 Å². The maximum atomic E-state index is 12.8. The van der Waals surface area contributed by atoms with Gasteiger partial charge >= 0.3 is 17.9 Å². The fourth-order valence-electron chi connectivity index (χ4n) is 7.54. The molecule has 0 aromatic rings. The topological polar surface area (TPSA) is 78.9 Å². The van der Waals surface area contributed by atoms with Gasteiger partial charge in [-0.05, 0) is 109 Å². The van der Waals surface area contributed by atoms with Crippen molar-refractivity contribution >= 4 is 17.9 Å². The molecule has 0 spiro atoms. The molecule has 0 saturated heterocycles. The molecule has 0 rings (SSSR count). The average Bonchev–Trinajstić information content (AvgIpc) is 3.30. The van der Waals surface area contributed by atoms with Crippen LogP contribution < -0.4 is 0 Å². The first kappa shape index (κ1) is 61.9. The van der Waals surface area contributed by atoms with Gasteiger partial charge in [0.1, 0.15) is 13.2 Å². The van der Waals surface area contributed by atoms with E-state index in [0.717, 1.165) is 96.3 Å². The summed E-state index contributed by atoms with van der Waals surface area (Å²) in [6.45, 7) is 6.47. The number of ether oxygens (including phenoxy) is 3. The number of rotatable bonds is 49. The highest BCUT2D eigenvalue weighted by Gasteiger charge is 2.19. The minimum atomic E-state index is -0.795. The van der Waals surface area contributed by atoms with Crippen LogP contribution in [0.1, 0.15) is 265 Å². The molecule has 0 radical (unpaired) electrons. The lowest BCUT2D eigenvalue weighted by Gasteiger charge is -2.18. The second-order valence-corrected chi connectivity index (χ2v) is 18.1. The van der Waals surface area contributed by atoms with Gasteiger partial charge in [-0.1, -0.05) is 209 Å². The smallest absolute Gasteiger partial charge is 0.306 e. The second kappa shape index (κ2) is 53.5. The standard InChI is InChI=1S/C59H102O6/c1-4-7-10-13-16-19-22-25-26-27-28-29-30-31-32-35-37-40-43-46-49-52-58(61)64-55-56(65-59(62)53-50-47-44-41-38-34-24-21-18-15-12-9-6-3)54-63-57(60)51-48-45-42-39-36-33-23-20-17-14-11-8-5-2/h9,12,18,20-23,25,27-28,34,38,56H,4-8,10-11,13-17,19,24,26,29-33,35-37,39-55H2,1-3H3/b12-9-,21-18-,23-20-,25-22-,28-27-,38-34-. The average molecular weight is 907 g/mol. The summed E-state index contributed by atoms with van der Waals surface area (Å²) >= 11 is 0. The number of hydrogen-bond acceptors (Lipinski definition) is 6. The Morgan fingerprint density at radius 1 is 0.323 bits per heavy atom. The van der Waals surface area contributed by atoms with Crippen molar-refractivity contribution in [2.45, 2.75) is 271 Å². The highest BCUT2D eigenvalue weighted by molar-refractivity contribution is 5.71. The summed E-state index contributed by atoms with van der Waals surface area (Å²) in [5.41, 5.74) is 0. The van der Waals surface area contributed by atoms with Crippen LogP contribution in [-0.2, 0) is 28.6 Å². The van der Waals surface area contributed by atoms with E-state index in [1.807, 2.05) is 0 Å². The minimum Gasteiger partial charge on any atom is -0.462 e. The SMILES string of the molecule is CC/C=C\C/C=C\C/C=C\CCCCCC(=O)OC(COC(=O)CCCCCCC/C=C\CCCCCC)COC(=O)CCCCCCCCCCC/C=C\C/C=C\CCCCCCC. The van der Waals surface area contributed by atoms with E-state index in [9.17, 15) is 14.4 Å². The molecule has 65 heavy (non-hydrogen) atoms. The number of hydrogen-bond donors (Lipinski definition) is 0. The third-order valence-corrected chi connectivity index (χ3v) is 11.7. The third kappa shape index (κ3) is 51.7. The molecular weight excluding hydrogens is 805 g/mol. The normalized spacial score (nSPS) is 12.6. The zero-order chi connectivity index (χ0) is 47.2. The van der Waals surface area contributed by atoms with Crippen molar-refractivity contribution in [2.24, 2.45) is 0 Å². The largest absolute Gasteiger partial charge is 0.462 e. The summed E-state index contributed by atoms with van der Waals surface area (Å²) in [7, 11) is 0. The van der Waals surface area contributed by atoms with Gasteiger partial charge in [0.2, 0.25) is 0 Å². The van der Waals surface area contributed by atoms with Crippen LogP contribution in [0.4, 0.5) is 0 Å². The first-order chi connectivity index (χ1) is 32.0. The summed E-state index contributed by atoms with van der Waals surface area (Å²) in [5, 5.41) is 0. The molecule has 0 saturated carbocycles. The lowest BCUT2D eigenvalue weighted by Crippen LogP contribution is -2.30. The van der Waals surface area contributed by atoms with Gasteiger partial charge in [-0.25, -0.2) is 0 Å². The summed E-state index contributed by atoms with van der Waals surface area (Å²) in [6, 6.07) is 0. The van der Waals surface area contributed by atoms with Gasteiger partial charge in [0.15, 0.2) is 6.10 Å². The van der Waals surface area contributed by atoms with E-state index < -0.39 is 6.10 Å². The molecule has 0 aromatic heterocycles. The van der Waals surface area contributed by atoms with E-state index in [0.29, 0.717) is 19.3 Å². The van der Waals surface area contributed by atoms with E-state index in [-0.39, 0.29) is 31.1 Å². The van der Waals surface area contributed by atoms with Crippen LogP contribution in [0.2, 0.25) is 0 Å². The summed E-state index contributed by atoms with van der Waals surface area (Å²) in [4.78, 5) is 38.0. The Bertz CT molecular complexity index is 1230. The molecule has 1 unspecified atom stereocenters. The monoisotopic (exact) mass is 907 g/mol. The van der Waals surface area contributed by atoms with Crippen molar-refractivity contribution in [1.82, 2.24) is 0 Å². The molecule has 6 nitrogen and oxygen atoms in total. The van der Waals surface area contributed by atoms with Crippen LogP contribution >= 0.6 is 0 Å². The highest BCUT2D eigenvalue weighted by atomic mass is 16.6. The highest BCUT2D eigenvalue weighted by Crippen LogP contribution is 2.14. The molecule has 0 heterocycles. The fourth-order valence-corrected chi connectivity index (χ4v) is 7.54. The Labute approximate surface area is 402 Å². The molecular formula is C59H102O6. The van der Waals surface area contributed by atoms with Crippen molar-refractivity contribution in [3.05, 3.63) is 72.9 Å². The molecule has 0 aliphatic heterocycles. The predicted octanol–water partition coefficient (Wildman–Crippen LogP) is 18.2. The molecule has 6 heteroatoms. The van der Waals surface area contributed by atoms with Gasteiger partial charge in [-0.2, -0.15) is 0 Å². The van der Waals surface area contributed by atoms with Crippen molar-refractivity contribution < 1.29 is 28.6 Å². The van der Waals surface area contributed by atoms with Gasteiger partial charge in [0.25, 0.3) is 0 Å². The Morgan fingerprint density at radius 3 is 0.985 bits per heavy atom. The first-order valence-electron chi connectivity index (χ1n) is 27.4. The predicted molar refractivity (Wildman–Crippen MR) is 279 cm³/mol. The quantitative estimate of drug-likeness (QED) is 0.0262. The first-order valence-corrected chi connectivity index (χ1v) is 27.4. The van der Waals surface area contributed by atoms with Crippen LogP contribution in [0, 0.1) is 0 Å². The Morgan fingerprint density at radius 2 is 0.600 bits per heavy atom. The van der Waals surface area contributed by atoms with Gasteiger partial charge in [-0.15, -0.1) is 0 Å². The molecule has 0 fully saturated rings. The van der Waals surface area contributed by atoms with E-state index >= 15 is 0 Å². The fraction of sp³-hybridized carbons (Fsp3) is 0.746. The Balaban J connectivity index is 4.36. The van der Waals surface area contributed by atoms with Crippen LogP contribution in [0.3, 0.4) is 0 Å². The lowest BCUT2D eigenvalue weighted by molar-refractivity contribution is -0.167. The lowest BCUT2D eigenvalue weighted by atomic mass is 10.1. The summed E-state index contributed by atoms with van der Waals surface area (Å²) in [5.74, 6) is -0.931. The molecule has 0 N–H and O–H groups in total. The zero-order valence-corrected chi connectivity index (χ0v) is 42.7. The van der Waals surface area contributed by atoms with Crippen LogP contribution in [0.25, 0.3) is 0 Å². The Kier molecular flexibility index (Phi) is 50.9. The van der Waals surface area contributed by atoms with Crippen LogP contribution in [-0.4, -0.2) is 37.2 Å². The maximum absolute atomic E-state index is 12.8. The molecule has 0 amide bonds. The molecule has 0 aliphatic carbocycles. The second-order valence-electron chi connectivity index (χ2n) is 18.1. The van der Waals surface area contributed by atoms with Gasteiger partial charge in [0.05, 0.1) is 0 Å². The molecule has 0 bridgehead atoms. The van der Waals surface area contributed by atoms with Crippen LogP contribution in [0.15, 0.2) is 72.9 Å². The van der Waals surface area contributed by atoms with Crippen molar-refractivity contribution in [1.29, 1.82) is 0 Å². The van der Waals surface area contributed by atoms with Crippen molar-refractivity contribution in [3.63, 3.8) is 0 Å². The molecule has 1 atom stereocenters. The number of unbranched alkanes of at least 4 members (excludes halogenated alkanes) is 26. The van der Waals surface area contributed by atoms with Crippen LogP contribution in [0.5, 0.6) is 0 Å². The molecule has 0 aromatic carbocycles. The van der Waals surface area contributed by atoms with E-state index in [1.165, 1.54) is 128 Å². The van der Waals surface area contributed by atoms with Crippen molar-refractivity contribution in [3.8, 4) is 0 Å². The number of carbonyl (C=O) groups is 3. The zero-order valence-electron chi connectivity index (χ0n) is 42.7. The molecule has 374 valence electrons. The van der Waals surface area contributed by atoms with Gasteiger partial charge < -0.3 is 14.2 Å². The van der Waals surface area contributed by atoms with E-state index in [2.05, 4.69) is 93.7 Å². The number of carbonyl (C=O) groups excluding carboxylic acids is 3. The Hall–Kier alpha value is -3.15. The molecule has 0 aliphatic rings. The number of esters is 3. The van der Waals surface area contributed by atoms with E-state index in [4.69, 9.17) is 14.2 Å². The maximum Gasteiger partial charge on any atom is 0.306 e. The number of allylic oxidation sites excluding steroid dienone is 12. The summed E-state index contributed by atoms with van der Waals surface area (Å²) < 4.78 is 16.8. The van der Waals surface area contributed by atoms with E-state index in [1.54, 1.807) is 0 Å². The third-order valence-electron chi connectivity index (χ3n) is 11.7. The van der Waals surface area contributed by atoms with Crippen molar-refractivity contribution in [2.75, 3.05) is 13.2 Å². The summed E-state index contributed by atoms with van der Waals surface area (Å²) in [6.07, 6.45) is 67.5. The van der Waals surface area contributed by atoms with Gasteiger partial charge in [-0.3, -0.25) is 14.4 Å². The minimum absolute atomic E-state index is 0.0920.